The van der Waals surface area contributed by atoms with Crippen LogP contribution in [0.5, 0.6) is 0 Å². The number of halogens is 1. The summed E-state index contributed by atoms with van der Waals surface area (Å²) in [5, 5.41) is 6.06. The summed E-state index contributed by atoms with van der Waals surface area (Å²) in [6.07, 6.45) is 0.960. The third-order valence-electron chi connectivity index (χ3n) is 3.17. The monoisotopic (exact) mass is 329 g/mol. The van der Waals surface area contributed by atoms with Crippen LogP contribution in [0.2, 0.25) is 0 Å². The molecule has 124 valence electrons. The van der Waals surface area contributed by atoms with Gasteiger partial charge in [-0.25, -0.2) is 4.39 Å². The van der Waals surface area contributed by atoms with Crippen LogP contribution in [0.4, 0.5) is 10.1 Å². The molecule has 0 radical (unpaired) electrons. The van der Waals surface area contributed by atoms with E-state index < -0.39 is 17.6 Å². The maximum absolute atomic E-state index is 13.1. The molecule has 0 bridgehead atoms. The van der Waals surface area contributed by atoms with Crippen LogP contribution in [-0.4, -0.2) is 18.0 Å². The lowest BCUT2D eigenvalue weighted by Gasteiger charge is -2.05. The number of amides is 2. The van der Waals surface area contributed by atoms with Gasteiger partial charge in [-0.2, -0.15) is 0 Å². The minimum atomic E-state index is -0.534. The lowest BCUT2D eigenvalue weighted by Crippen LogP contribution is -2.14. The van der Waals surface area contributed by atoms with Crippen LogP contribution in [-0.2, 0) is 16.2 Å². The molecular formula is C17H16FN3O3. The number of oxime groups is 1. The van der Waals surface area contributed by atoms with Crippen molar-refractivity contribution in [1.82, 2.24) is 0 Å². The molecule has 0 saturated carbocycles. The molecule has 0 aliphatic rings. The summed E-state index contributed by atoms with van der Waals surface area (Å²) in [5.41, 5.74) is 7.40. The zero-order valence-corrected chi connectivity index (χ0v) is 13.0. The third kappa shape index (κ3) is 4.91. The number of carbonyl (C=O) groups excluding carboxylic acids is 2. The zero-order valence-electron chi connectivity index (χ0n) is 13.0. The van der Waals surface area contributed by atoms with Crippen molar-refractivity contribution in [2.24, 2.45) is 10.9 Å². The second-order valence-electron chi connectivity index (χ2n) is 5.02. The fourth-order valence-corrected chi connectivity index (χ4v) is 1.86. The normalized spacial score (nSPS) is 10.6. The highest BCUT2D eigenvalue weighted by molar-refractivity contribution is 6.31. The molecule has 2 aromatic carbocycles. The van der Waals surface area contributed by atoms with Crippen molar-refractivity contribution in [3.63, 3.8) is 0 Å². The van der Waals surface area contributed by atoms with Gasteiger partial charge in [0, 0.05) is 11.3 Å². The molecule has 3 N–H and O–H groups in total. The van der Waals surface area contributed by atoms with E-state index in [2.05, 4.69) is 10.5 Å². The number of nitrogens with two attached hydrogens (primary N) is 1. The summed E-state index contributed by atoms with van der Waals surface area (Å²) in [6, 6.07) is 10.6. The van der Waals surface area contributed by atoms with Gasteiger partial charge in [0.05, 0.1) is 0 Å². The molecule has 0 aromatic heterocycles. The van der Waals surface area contributed by atoms with Gasteiger partial charge in [-0.05, 0) is 42.3 Å². The smallest absolute Gasteiger partial charge is 0.270 e. The van der Waals surface area contributed by atoms with Crippen molar-refractivity contribution in [3.8, 4) is 0 Å². The predicted molar refractivity (Wildman–Crippen MR) is 88.0 cm³/mol. The third-order valence-corrected chi connectivity index (χ3v) is 3.17. The molecular weight excluding hydrogens is 313 g/mol. The van der Waals surface area contributed by atoms with E-state index in [1.807, 2.05) is 0 Å². The first-order valence-electron chi connectivity index (χ1n) is 7.07. The Balaban J connectivity index is 1.84. The van der Waals surface area contributed by atoms with E-state index in [9.17, 15) is 14.0 Å². The molecule has 0 atom stereocenters. The van der Waals surface area contributed by atoms with Crippen molar-refractivity contribution in [2.75, 3.05) is 5.32 Å². The van der Waals surface area contributed by atoms with Gasteiger partial charge in [-0.3, -0.25) is 9.59 Å². The fraction of sp³-hybridized carbons (Fsp3) is 0.118. The topological polar surface area (TPSA) is 93.8 Å². The number of hydrogen-bond acceptors (Lipinski definition) is 4. The number of hydrogen-bond donors (Lipinski definition) is 2. The van der Waals surface area contributed by atoms with E-state index in [0.717, 1.165) is 17.3 Å². The van der Waals surface area contributed by atoms with Gasteiger partial charge in [-0.15, -0.1) is 0 Å². The number of aryl methyl sites for hydroxylation is 1. The molecule has 0 saturated heterocycles. The predicted octanol–water partition coefficient (Wildman–Crippen LogP) is 2.37. The van der Waals surface area contributed by atoms with Crippen LogP contribution >= 0.6 is 0 Å². The van der Waals surface area contributed by atoms with Crippen LogP contribution < -0.4 is 11.1 Å². The van der Waals surface area contributed by atoms with Crippen molar-refractivity contribution < 1.29 is 18.8 Å². The lowest BCUT2D eigenvalue weighted by atomic mass is 10.1. The van der Waals surface area contributed by atoms with E-state index in [-0.39, 0.29) is 6.61 Å². The van der Waals surface area contributed by atoms with Crippen LogP contribution in [0, 0.1) is 12.7 Å². The Morgan fingerprint density at radius 3 is 2.62 bits per heavy atom. The van der Waals surface area contributed by atoms with E-state index in [0.29, 0.717) is 11.3 Å². The lowest BCUT2D eigenvalue weighted by molar-refractivity contribution is -0.110. The van der Waals surface area contributed by atoms with E-state index in [4.69, 9.17) is 10.6 Å². The van der Waals surface area contributed by atoms with Gasteiger partial charge in [0.25, 0.3) is 5.91 Å². The van der Waals surface area contributed by atoms with Gasteiger partial charge in [0.1, 0.15) is 18.6 Å². The van der Waals surface area contributed by atoms with Crippen molar-refractivity contribution in [2.45, 2.75) is 13.5 Å². The molecule has 0 aliphatic heterocycles. The molecule has 7 heteroatoms. The molecule has 0 fully saturated rings. The van der Waals surface area contributed by atoms with Gasteiger partial charge < -0.3 is 15.9 Å². The summed E-state index contributed by atoms with van der Waals surface area (Å²) in [7, 11) is 0. The number of carbonyl (C=O) groups is 2. The minimum absolute atomic E-state index is 0.127. The zero-order chi connectivity index (χ0) is 17.5. The highest BCUT2D eigenvalue weighted by atomic mass is 19.1. The first-order valence-corrected chi connectivity index (χ1v) is 7.07. The number of primary amides is 1. The Labute approximate surface area is 138 Å². The average Bonchev–Trinajstić information content (AvgIpc) is 2.55. The van der Waals surface area contributed by atoms with E-state index in [1.165, 1.54) is 12.1 Å². The second-order valence-corrected chi connectivity index (χ2v) is 5.02. The molecule has 2 amide bonds. The first kappa shape index (κ1) is 17.1. The SMILES string of the molecule is Cc1ccc(F)cc1NC(=O)/C=N/OCc1ccc(C(N)=O)cc1. The van der Waals surface area contributed by atoms with E-state index >= 15 is 0 Å². The molecule has 0 heterocycles. The van der Waals surface area contributed by atoms with Gasteiger partial charge in [0.15, 0.2) is 0 Å². The van der Waals surface area contributed by atoms with Crippen LogP contribution in [0.15, 0.2) is 47.6 Å². The summed E-state index contributed by atoms with van der Waals surface area (Å²) < 4.78 is 13.1. The Morgan fingerprint density at radius 2 is 1.96 bits per heavy atom. The average molecular weight is 329 g/mol. The number of nitrogens with one attached hydrogen (secondary N) is 1. The Hall–Kier alpha value is -3.22. The number of nitrogens with zero attached hydrogens (tertiary/aromatic N) is 1. The Bertz CT molecular complexity index is 773. The van der Waals surface area contributed by atoms with Crippen molar-refractivity contribution >= 4 is 23.7 Å². The number of rotatable bonds is 6. The molecule has 0 aliphatic carbocycles. The molecule has 2 rings (SSSR count). The molecule has 6 nitrogen and oxygen atoms in total. The maximum atomic E-state index is 13.1. The fourth-order valence-electron chi connectivity index (χ4n) is 1.86. The van der Waals surface area contributed by atoms with Gasteiger partial charge in [-0.1, -0.05) is 23.4 Å². The second kappa shape index (κ2) is 7.87. The highest BCUT2D eigenvalue weighted by Gasteiger charge is 2.04. The molecule has 24 heavy (non-hydrogen) atoms. The quantitative estimate of drug-likeness (QED) is 0.629. The highest BCUT2D eigenvalue weighted by Crippen LogP contribution is 2.15. The standard InChI is InChI=1S/C17H16FN3O3/c1-11-2-7-14(18)8-15(11)21-16(22)9-20-24-10-12-3-5-13(6-4-12)17(19)23/h2-9H,10H2,1H3,(H2,19,23)(H,21,22)/b20-9+. The minimum Gasteiger partial charge on any atom is -0.391 e. The van der Waals surface area contributed by atoms with Crippen molar-refractivity contribution in [3.05, 3.63) is 65.0 Å². The number of anilines is 1. The van der Waals surface area contributed by atoms with E-state index in [1.54, 1.807) is 37.3 Å². The van der Waals surface area contributed by atoms with Gasteiger partial charge >= 0.3 is 0 Å². The van der Waals surface area contributed by atoms with Crippen LogP contribution in [0.1, 0.15) is 21.5 Å². The summed E-state index contributed by atoms with van der Waals surface area (Å²) >= 11 is 0. The summed E-state index contributed by atoms with van der Waals surface area (Å²) in [4.78, 5) is 27.6. The Kier molecular flexibility index (Phi) is 5.62. The largest absolute Gasteiger partial charge is 0.391 e. The Morgan fingerprint density at radius 1 is 1.25 bits per heavy atom. The molecule has 0 spiro atoms. The number of benzene rings is 2. The van der Waals surface area contributed by atoms with Crippen LogP contribution in [0.3, 0.4) is 0 Å². The molecule has 2 aromatic rings. The van der Waals surface area contributed by atoms with Crippen LogP contribution in [0.25, 0.3) is 0 Å². The summed E-state index contributed by atoms with van der Waals surface area (Å²) in [5.74, 6) is -1.49. The maximum Gasteiger partial charge on any atom is 0.270 e. The summed E-state index contributed by atoms with van der Waals surface area (Å²) in [6.45, 7) is 1.88. The molecule has 0 unspecified atom stereocenters. The van der Waals surface area contributed by atoms with Gasteiger partial charge in [0.2, 0.25) is 5.91 Å². The van der Waals surface area contributed by atoms with Crippen molar-refractivity contribution in [1.29, 1.82) is 0 Å². The first-order chi connectivity index (χ1) is 11.5.